The van der Waals surface area contributed by atoms with Gasteiger partial charge in [0.15, 0.2) is 0 Å². The minimum absolute atomic E-state index is 0.188. The lowest BCUT2D eigenvalue weighted by Crippen LogP contribution is -2.21. The molecule has 0 heterocycles. The van der Waals surface area contributed by atoms with Gasteiger partial charge in [0.25, 0.3) is 0 Å². The van der Waals surface area contributed by atoms with Crippen LogP contribution in [0, 0.1) is 5.92 Å². The maximum atomic E-state index is 10.6. The Morgan fingerprint density at radius 3 is 2.17 bits per heavy atom. The molecule has 0 amide bonds. The second kappa shape index (κ2) is 13.0. The SMILES string of the molecule is O=C(O)C(F)(F)F.O=C(O)CCNCCCc1ccc(OCC2CCCC2)cc1. The van der Waals surface area contributed by atoms with E-state index in [1.165, 1.54) is 31.2 Å². The van der Waals surface area contributed by atoms with Crippen LogP contribution in [0.1, 0.15) is 44.1 Å². The minimum Gasteiger partial charge on any atom is -0.493 e. The Labute approximate surface area is 168 Å². The van der Waals surface area contributed by atoms with Crippen LogP contribution in [-0.4, -0.2) is 48.0 Å². The molecule has 1 fully saturated rings. The zero-order valence-electron chi connectivity index (χ0n) is 16.2. The van der Waals surface area contributed by atoms with Crippen LogP contribution in [0.25, 0.3) is 0 Å². The van der Waals surface area contributed by atoms with Gasteiger partial charge < -0.3 is 20.3 Å². The van der Waals surface area contributed by atoms with Gasteiger partial charge in [0.05, 0.1) is 13.0 Å². The van der Waals surface area contributed by atoms with Gasteiger partial charge in [-0.1, -0.05) is 25.0 Å². The number of benzene rings is 1. The molecule has 0 atom stereocenters. The van der Waals surface area contributed by atoms with E-state index in [2.05, 4.69) is 29.6 Å². The first kappa shape index (κ1) is 24.7. The monoisotopic (exact) mass is 419 g/mol. The Balaban J connectivity index is 0.000000516. The quantitative estimate of drug-likeness (QED) is 0.498. The molecule has 1 saturated carbocycles. The summed E-state index contributed by atoms with van der Waals surface area (Å²) in [6.45, 7) is 2.25. The maximum absolute atomic E-state index is 10.6. The van der Waals surface area contributed by atoms with Crippen LogP contribution in [-0.2, 0) is 16.0 Å². The summed E-state index contributed by atoms with van der Waals surface area (Å²) in [7, 11) is 0. The van der Waals surface area contributed by atoms with Crippen molar-refractivity contribution in [3.63, 3.8) is 0 Å². The number of nitrogens with one attached hydrogen (secondary N) is 1. The largest absolute Gasteiger partial charge is 0.493 e. The summed E-state index contributed by atoms with van der Waals surface area (Å²) < 4.78 is 37.6. The summed E-state index contributed by atoms with van der Waals surface area (Å²) in [5.41, 5.74) is 1.30. The highest BCUT2D eigenvalue weighted by molar-refractivity contribution is 5.73. The van der Waals surface area contributed by atoms with E-state index in [9.17, 15) is 18.0 Å². The summed E-state index contributed by atoms with van der Waals surface area (Å²) in [6, 6.07) is 8.37. The topological polar surface area (TPSA) is 95.9 Å². The highest BCUT2D eigenvalue weighted by Crippen LogP contribution is 2.25. The van der Waals surface area contributed by atoms with Crippen LogP contribution < -0.4 is 10.1 Å². The first-order chi connectivity index (χ1) is 13.7. The predicted octanol–water partition coefficient (Wildman–Crippen LogP) is 3.89. The highest BCUT2D eigenvalue weighted by atomic mass is 19.4. The molecule has 6 nitrogen and oxygen atoms in total. The third-order valence-electron chi connectivity index (χ3n) is 4.46. The van der Waals surface area contributed by atoms with E-state index in [0.29, 0.717) is 6.54 Å². The standard InChI is InChI=1S/C18H27NO3.C2HF3O2/c20-18(21)11-13-19-12-3-6-15-7-9-17(10-8-15)22-14-16-4-1-2-5-16;3-2(4,5)1(6)7/h7-10,16,19H,1-6,11-14H2,(H,20,21);(H,6,7). The van der Waals surface area contributed by atoms with Gasteiger partial charge in [-0.25, -0.2) is 4.79 Å². The van der Waals surface area contributed by atoms with E-state index >= 15 is 0 Å². The molecule has 0 aliphatic heterocycles. The van der Waals surface area contributed by atoms with Crippen LogP contribution >= 0.6 is 0 Å². The van der Waals surface area contributed by atoms with Crippen LogP contribution in [0.15, 0.2) is 24.3 Å². The number of ether oxygens (including phenoxy) is 1. The van der Waals surface area contributed by atoms with Crippen molar-refractivity contribution in [2.24, 2.45) is 5.92 Å². The number of aliphatic carboxylic acids is 2. The van der Waals surface area contributed by atoms with Crippen molar-refractivity contribution in [1.82, 2.24) is 5.32 Å². The van der Waals surface area contributed by atoms with E-state index < -0.39 is 18.1 Å². The molecule has 9 heteroatoms. The molecule has 1 aliphatic rings. The second-order valence-electron chi connectivity index (χ2n) is 6.91. The minimum atomic E-state index is -5.08. The van der Waals surface area contributed by atoms with Crippen molar-refractivity contribution in [1.29, 1.82) is 0 Å². The smallest absolute Gasteiger partial charge is 0.490 e. The average Bonchev–Trinajstić information content (AvgIpc) is 3.17. The number of halogens is 3. The average molecular weight is 419 g/mol. The summed E-state index contributed by atoms with van der Waals surface area (Å²) in [6.07, 6.45) is 2.46. The lowest BCUT2D eigenvalue weighted by molar-refractivity contribution is -0.192. The van der Waals surface area contributed by atoms with Crippen molar-refractivity contribution in [3.05, 3.63) is 29.8 Å². The van der Waals surface area contributed by atoms with Crippen LogP contribution in [0.4, 0.5) is 13.2 Å². The summed E-state index contributed by atoms with van der Waals surface area (Å²) in [4.78, 5) is 19.3. The molecule has 0 aromatic heterocycles. The summed E-state index contributed by atoms with van der Waals surface area (Å²) in [5, 5.41) is 18.8. The Hall–Kier alpha value is -2.29. The third-order valence-corrected chi connectivity index (χ3v) is 4.46. The number of carboxylic acid groups (broad SMARTS) is 2. The van der Waals surface area contributed by atoms with E-state index in [1.807, 2.05) is 0 Å². The lowest BCUT2D eigenvalue weighted by Gasteiger charge is -2.11. The number of rotatable bonds is 10. The van der Waals surface area contributed by atoms with Crippen molar-refractivity contribution in [3.8, 4) is 5.75 Å². The van der Waals surface area contributed by atoms with Crippen LogP contribution in [0.2, 0.25) is 0 Å². The molecule has 0 radical (unpaired) electrons. The van der Waals surface area contributed by atoms with E-state index in [-0.39, 0.29) is 6.42 Å². The first-order valence-electron chi connectivity index (χ1n) is 9.63. The van der Waals surface area contributed by atoms with Gasteiger partial charge in [-0.15, -0.1) is 0 Å². The molecule has 3 N–H and O–H groups in total. The molecule has 164 valence electrons. The number of aryl methyl sites for hydroxylation is 1. The Morgan fingerprint density at radius 1 is 1.07 bits per heavy atom. The Bertz CT molecular complexity index is 614. The molecule has 1 aliphatic carbocycles. The fourth-order valence-electron chi connectivity index (χ4n) is 2.88. The molecule has 2 rings (SSSR count). The summed E-state index contributed by atoms with van der Waals surface area (Å²) in [5.74, 6) is -1.79. The molecule has 1 aromatic rings. The van der Waals surface area contributed by atoms with Crippen LogP contribution in [0.5, 0.6) is 5.75 Å². The molecule has 0 bridgehead atoms. The highest BCUT2D eigenvalue weighted by Gasteiger charge is 2.38. The normalized spacial score (nSPS) is 14.2. The van der Waals surface area contributed by atoms with Gasteiger partial charge in [0.2, 0.25) is 0 Å². The first-order valence-corrected chi connectivity index (χ1v) is 9.63. The van der Waals surface area contributed by atoms with E-state index in [1.54, 1.807) is 0 Å². The fraction of sp³-hybridized carbons (Fsp3) is 0.600. The fourth-order valence-corrected chi connectivity index (χ4v) is 2.88. The number of carboxylic acids is 2. The van der Waals surface area contributed by atoms with Crippen LogP contribution in [0.3, 0.4) is 0 Å². The molecular formula is C20H28F3NO5. The maximum Gasteiger partial charge on any atom is 0.490 e. The Morgan fingerprint density at radius 2 is 1.66 bits per heavy atom. The van der Waals surface area contributed by atoms with E-state index in [4.69, 9.17) is 19.7 Å². The lowest BCUT2D eigenvalue weighted by atomic mass is 10.1. The molecule has 0 unspecified atom stereocenters. The number of hydrogen-bond donors (Lipinski definition) is 3. The zero-order valence-corrected chi connectivity index (χ0v) is 16.2. The summed E-state index contributed by atoms with van der Waals surface area (Å²) >= 11 is 0. The van der Waals surface area contributed by atoms with Gasteiger partial charge in [0.1, 0.15) is 5.75 Å². The predicted molar refractivity (Wildman–Crippen MR) is 101 cm³/mol. The van der Waals surface area contributed by atoms with Crippen molar-refractivity contribution in [2.75, 3.05) is 19.7 Å². The Kier molecular flexibility index (Phi) is 11.1. The van der Waals surface area contributed by atoms with Gasteiger partial charge >= 0.3 is 18.1 Å². The number of carbonyl (C=O) groups is 2. The van der Waals surface area contributed by atoms with Crippen molar-refractivity contribution >= 4 is 11.9 Å². The van der Waals surface area contributed by atoms with Gasteiger partial charge in [0, 0.05) is 6.54 Å². The van der Waals surface area contributed by atoms with Crippen molar-refractivity contribution in [2.45, 2.75) is 51.1 Å². The van der Waals surface area contributed by atoms with Gasteiger partial charge in [-0.3, -0.25) is 4.79 Å². The van der Waals surface area contributed by atoms with Gasteiger partial charge in [-0.2, -0.15) is 13.2 Å². The van der Waals surface area contributed by atoms with Crippen molar-refractivity contribution < 1.29 is 37.7 Å². The number of hydrogen-bond acceptors (Lipinski definition) is 4. The molecule has 0 saturated heterocycles. The second-order valence-corrected chi connectivity index (χ2v) is 6.91. The molecule has 0 spiro atoms. The zero-order chi connectivity index (χ0) is 21.7. The molecule has 1 aromatic carbocycles. The van der Waals surface area contributed by atoms with E-state index in [0.717, 1.165) is 37.7 Å². The van der Waals surface area contributed by atoms with Gasteiger partial charge in [-0.05, 0) is 55.8 Å². The molecular weight excluding hydrogens is 391 g/mol. The number of alkyl halides is 3. The molecule has 29 heavy (non-hydrogen) atoms. The third kappa shape index (κ3) is 12.0.